The SMILES string of the molecule is O=C(C(O)O)[S+]([O-])C(=O)C(O)O. The van der Waals surface area contributed by atoms with Gasteiger partial charge in [0.2, 0.25) is 0 Å². The summed E-state index contributed by atoms with van der Waals surface area (Å²) in [4.78, 5) is 20.7. The summed E-state index contributed by atoms with van der Waals surface area (Å²) in [5.41, 5.74) is 0. The molecule has 0 spiro atoms. The molecule has 0 saturated carbocycles. The normalized spacial score (nSPS) is 11.3. The molecule has 7 nitrogen and oxygen atoms in total. The Morgan fingerprint density at radius 2 is 1.25 bits per heavy atom. The van der Waals surface area contributed by atoms with Crippen LogP contribution in [0.25, 0.3) is 0 Å². The smallest absolute Gasteiger partial charge is 0.393 e. The molecule has 0 aromatic heterocycles. The minimum absolute atomic E-state index is 1.69. The highest BCUT2D eigenvalue weighted by atomic mass is 32.2. The first-order valence-corrected chi connectivity index (χ1v) is 3.74. The predicted octanol–water partition coefficient (Wildman–Crippen LogP) is -3.59. The molecule has 0 heterocycles. The molecule has 0 bridgehead atoms. The van der Waals surface area contributed by atoms with Gasteiger partial charge < -0.3 is 25.0 Å². The first kappa shape index (κ1) is 11.5. The summed E-state index contributed by atoms with van der Waals surface area (Å²) in [6.45, 7) is 0. The molecule has 0 aliphatic rings. The van der Waals surface area contributed by atoms with Crippen LogP contribution in [0.3, 0.4) is 0 Å². The summed E-state index contributed by atoms with van der Waals surface area (Å²) in [5.74, 6) is 0. The lowest BCUT2D eigenvalue weighted by Crippen LogP contribution is -2.38. The average molecular weight is 198 g/mol. The Bertz CT molecular complexity index is 168. The number of hydrogen-bond donors (Lipinski definition) is 4. The molecule has 0 fully saturated rings. The van der Waals surface area contributed by atoms with E-state index in [0.29, 0.717) is 0 Å². The molecule has 12 heavy (non-hydrogen) atoms. The van der Waals surface area contributed by atoms with Crippen LogP contribution in [0.1, 0.15) is 0 Å². The Labute approximate surface area is 69.4 Å². The fourth-order valence-corrected chi connectivity index (χ4v) is 0.872. The Balaban J connectivity index is 4.30. The maximum atomic E-state index is 10.5. The van der Waals surface area contributed by atoms with Gasteiger partial charge in [0.1, 0.15) is 11.2 Å². The Kier molecular flexibility index (Phi) is 4.31. The molecule has 70 valence electrons. The van der Waals surface area contributed by atoms with Crippen molar-refractivity contribution < 1.29 is 34.6 Å². The lowest BCUT2D eigenvalue weighted by atomic mass is 10.7. The molecular formula is C4H6O7S. The second kappa shape index (κ2) is 4.50. The van der Waals surface area contributed by atoms with Crippen molar-refractivity contribution >= 4 is 21.4 Å². The van der Waals surface area contributed by atoms with E-state index in [2.05, 4.69) is 0 Å². The van der Waals surface area contributed by atoms with Crippen molar-refractivity contribution in [2.45, 2.75) is 12.6 Å². The van der Waals surface area contributed by atoms with Crippen molar-refractivity contribution in [3.8, 4) is 0 Å². The number of rotatable bonds is 2. The molecule has 0 aliphatic heterocycles. The van der Waals surface area contributed by atoms with Crippen molar-refractivity contribution in [3.05, 3.63) is 0 Å². The van der Waals surface area contributed by atoms with Gasteiger partial charge in [-0.1, -0.05) is 0 Å². The van der Waals surface area contributed by atoms with Gasteiger partial charge in [-0.25, -0.2) is 9.59 Å². The Morgan fingerprint density at radius 1 is 1.00 bits per heavy atom. The van der Waals surface area contributed by atoms with Crippen molar-refractivity contribution in [2.75, 3.05) is 0 Å². The molecule has 0 unspecified atom stereocenters. The van der Waals surface area contributed by atoms with Gasteiger partial charge >= 0.3 is 10.2 Å². The van der Waals surface area contributed by atoms with Gasteiger partial charge in [0.25, 0.3) is 12.6 Å². The van der Waals surface area contributed by atoms with Crippen molar-refractivity contribution in [2.24, 2.45) is 0 Å². The number of aliphatic hydroxyl groups excluding tert-OH is 2. The quantitative estimate of drug-likeness (QED) is 0.265. The van der Waals surface area contributed by atoms with Crippen molar-refractivity contribution in [1.82, 2.24) is 0 Å². The third-order valence-electron chi connectivity index (χ3n) is 0.787. The highest BCUT2D eigenvalue weighted by molar-refractivity contribution is 8.19. The highest BCUT2D eigenvalue weighted by Crippen LogP contribution is 2.00. The summed E-state index contributed by atoms with van der Waals surface area (Å²) in [7, 11) is 0. The van der Waals surface area contributed by atoms with Crippen LogP contribution >= 0.6 is 0 Å². The summed E-state index contributed by atoms with van der Waals surface area (Å²) in [5, 5.41) is 29.1. The Morgan fingerprint density at radius 3 is 1.42 bits per heavy atom. The lowest BCUT2D eigenvalue weighted by molar-refractivity contribution is -0.140. The monoisotopic (exact) mass is 198 g/mol. The standard InChI is InChI=1S/C4H6O7S/c5-1(6)3(9)12(11)4(10)2(7)8/h1-2,5-8H. The topological polar surface area (TPSA) is 138 Å². The minimum atomic E-state index is -2.95. The molecule has 0 aliphatic carbocycles. The minimum Gasteiger partial charge on any atom is -0.602 e. The Hall–Kier alpha value is -0.510. The molecule has 0 rings (SSSR count). The molecule has 0 radical (unpaired) electrons. The van der Waals surface area contributed by atoms with E-state index in [1.54, 1.807) is 0 Å². The van der Waals surface area contributed by atoms with Crippen LogP contribution in [0.5, 0.6) is 0 Å². The van der Waals surface area contributed by atoms with Crippen molar-refractivity contribution in [3.63, 3.8) is 0 Å². The van der Waals surface area contributed by atoms with Crippen LogP contribution in [0.2, 0.25) is 0 Å². The van der Waals surface area contributed by atoms with Gasteiger partial charge in [-0.15, -0.1) is 0 Å². The van der Waals surface area contributed by atoms with Crippen molar-refractivity contribution in [1.29, 1.82) is 0 Å². The summed E-state index contributed by atoms with van der Waals surface area (Å²) in [6.07, 6.45) is -5.12. The van der Waals surface area contributed by atoms with Gasteiger partial charge in [-0.05, 0) is 0 Å². The summed E-state index contributed by atoms with van der Waals surface area (Å²) >= 11 is -2.95. The zero-order valence-electron chi connectivity index (χ0n) is 5.58. The fourth-order valence-electron chi connectivity index (χ4n) is 0.291. The zero-order chi connectivity index (χ0) is 9.89. The van der Waals surface area contributed by atoms with E-state index in [0.717, 1.165) is 0 Å². The number of hydrogen-bond acceptors (Lipinski definition) is 7. The van der Waals surface area contributed by atoms with Crippen LogP contribution in [-0.4, -0.2) is 47.8 Å². The van der Waals surface area contributed by atoms with Crippen LogP contribution in [-0.2, 0) is 20.8 Å². The molecular weight excluding hydrogens is 192 g/mol. The molecule has 4 N–H and O–H groups in total. The van der Waals surface area contributed by atoms with Crippen LogP contribution in [0.4, 0.5) is 0 Å². The van der Waals surface area contributed by atoms with Gasteiger partial charge in [-0.3, -0.25) is 0 Å². The zero-order valence-corrected chi connectivity index (χ0v) is 6.39. The van der Waals surface area contributed by atoms with E-state index >= 15 is 0 Å². The third kappa shape index (κ3) is 2.85. The second-order valence-electron chi connectivity index (χ2n) is 1.65. The van der Waals surface area contributed by atoms with E-state index in [4.69, 9.17) is 20.4 Å². The van der Waals surface area contributed by atoms with Crippen LogP contribution in [0, 0.1) is 0 Å². The highest BCUT2D eigenvalue weighted by Gasteiger charge is 2.37. The maximum Gasteiger partial charge on any atom is 0.393 e. The maximum absolute atomic E-state index is 10.5. The van der Waals surface area contributed by atoms with E-state index < -0.39 is 34.0 Å². The third-order valence-corrected chi connectivity index (χ3v) is 1.94. The van der Waals surface area contributed by atoms with Gasteiger partial charge in [0.05, 0.1) is 0 Å². The van der Waals surface area contributed by atoms with Crippen LogP contribution in [0.15, 0.2) is 0 Å². The van der Waals surface area contributed by atoms with Gasteiger partial charge in [0.15, 0.2) is 0 Å². The average Bonchev–Trinajstić information content (AvgIpc) is 2.00. The van der Waals surface area contributed by atoms with Gasteiger partial charge in [0, 0.05) is 0 Å². The predicted molar refractivity (Wildman–Crippen MR) is 34.6 cm³/mol. The van der Waals surface area contributed by atoms with Crippen LogP contribution < -0.4 is 0 Å². The molecule has 0 aromatic carbocycles. The number of carbonyl (C=O) groups excluding carboxylic acids is 2. The summed E-state index contributed by atoms with van der Waals surface area (Å²) in [6, 6.07) is 0. The first-order valence-electron chi connectivity index (χ1n) is 2.59. The molecule has 0 saturated heterocycles. The van der Waals surface area contributed by atoms with E-state index in [9.17, 15) is 14.1 Å². The first-order chi connectivity index (χ1) is 5.37. The van der Waals surface area contributed by atoms with E-state index in [-0.39, 0.29) is 0 Å². The molecule has 0 aromatic rings. The lowest BCUT2D eigenvalue weighted by Gasteiger charge is -2.07. The molecule has 0 atom stereocenters. The van der Waals surface area contributed by atoms with Gasteiger partial charge in [-0.2, -0.15) is 0 Å². The molecule has 8 heteroatoms. The van der Waals surface area contributed by atoms with E-state index in [1.807, 2.05) is 0 Å². The molecule has 0 amide bonds. The second-order valence-corrected chi connectivity index (χ2v) is 3.00. The number of carbonyl (C=O) groups is 2. The fraction of sp³-hybridized carbons (Fsp3) is 0.500. The largest absolute Gasteiger partial charge is 0.602 e. The number of aliphatic hydroxyl groups is 4. The summed E-state index contributed by atoms with van der Waals surface area (Å²) < 4.78 is 10.5. The van der Waals surface area contributed by atoms with E-state index in [1.165, 1.54) is 0 Å².